The lowest BCUT2D eigenvalue weighted by molar-refractivity contribution is -0.384. The van der Waals surface area contributed by atoms with E-state index in [1.54, 1.807) is 6.07 Å². The molecule has 1 aliphatic rings. The standard InChI is InChI=1S/C16H9NO7S/c18-14-8-13(16(19)11-4-2-1-3-10(11)14)12-7-9(17(20)21)5-6-15(12)25(22,23)24/h1-8H,(H,22,23,24). The first-order valence-corrected chi connectivity index (χ1v) is 8.30. The Hall–Kier alpha value is -3.17. The van der Waals surface area contributed by atoms with Crippen molar-refractivity contribution in [3.05, 3.63) is 75.3 Å². The summed E-state index contributed by atoms with van der Waals surface area (Å²) >= 11 is 0. The molecule has 0 saturated heterocycles. The fourth-order valence-electron chi connectivity index (χ4n) is 2.58. The fourth-order valence-corrected chi connectivity index (χ4v) is 3.27. The molecule has 0 unspecified atom stereocenters. The third kappa shape index (κ3) is 2.86. The van der Waals surface area contributed by atoms with Gasteiger partial charge in [-0.15, -0.1) is 0 Å². The van der Waals surface area contributed by atoms with Gasteiger partial charge in [0, 0.05) is 34.4 Å². The van der Waals surface area contributed by atoms with Crippen LogP contribution in [0.25, 0.3) is 5.57 Å². The Morgan fingerprint density at radius 2 is 1.60 bits per heavy atom. The van der Waals surface area contributed by atoms with E-state index < -0.39 is 42.8 Å². The molecule has 0 radical (unpaired) electrons. The molecule has 0 fully saturated rings. The second kappa shape index (κ2) is 5.72. The molecule has 8 nitrogen and oxygen atoms in total. The van der Waals surface area contributed by atoms with Crippen LogP contribution in [-0.2, 0) is 10.1 Å². The molecule has 25 heavy (non-hydrogen) atoms. The highest BCUT2D eigenvalue weighted by atomic mass is 32.2. The summed E-state index contributed by atoms with van der Waals surface area (Å²) in [5.41, 5.74) is -1.01. The second-order valence-electron chi connectivity index (χ2n) is 5.21. The van der Waals surface area contributed by atoms with Gasteiger partial charge in [-0.05, 0) is 12.1 Å². The van der Waals surface area contributed by atoms with Crippen LogP contribution in [-0.4, -0.2) is 29.5 Å². The molecule has 0 atom stereocenters. The largest absolute Gasteiger partial charge is 0.295 e. The van der Waals surface area contributed by atoms with Crippen LogP contribution in [0.2, 0.25) is 0 Å². The zero-order chi connectivity index (χ0) is 18.4. The second-order valence-corrected chi connectivity index (χ2v) is 6.60. The maximum Gasteiger partial charge on any atom is 0.295 e. The van der Waals surface area contributed by atoms with Gasteiger partial charge in [-0.2, -0.15) is 8.42 Å². The molecule has 0 heterocycles. The number of rotatable bonds is 3. The Morgan fingerprint density at radius 3 is 2.20 bits per heavy atom. The van der Waals surface area contributed by atoms with Crippen LogP contribution >= 0.6 is 0 Å². The van der Waals surface area contributed by atoms with Crippen molar-refractivity contribution in [2.45, 2.75) is 4.90 Å². The van der Waals surface area contributed by atoms with Crippen LogP contribution in [0.4, 0.5) is 5.69 Å². The van der Waals surface area contributed by atoms with Gasteiger partial charge in [-0.1, -0.05) is 24.3 Å². The third-order valence-electron chi connectivity index (χ3n) is 3.70. The van der Waals surface area contributed by atoms with Gasteiger partial charge in [-0.3, -0.25) is 24.3 Å². The first-order valence-electron chi connectivity index (χ1n) is 6.86. The number of carbonyl (C=O) groups is 2. The molecule has 126 valence electrons. The normalized spacial score (nSPS) is 14.0. The predicted molar refractivity (Wildman–Crippen MR) is 86.0 cm³/mol. The summed E-state index contributed by atoms with van der Waals surface area (Å²) in [6.45, 7) is 0. The summed E-state index contributed by atoms with van der Waals surface area (Å²) in [5, 5.41) is 11.0. The van der Waals surface area contributed by atoms with Gasteiger partial charge in [0.1, 0.15) is 4.90 Å². The fraction of sp³-hybridized carbons (Fsp3) is 0. The molecule has 0 amide bonds. The maximum atomic E-state index is 12.7. The molecule has 0 spiro atoms. The SMILES string of the molecule is O=C1C=C(c2cc([N+](=O)[O-])ccc2S(=O)(=O)O)C(=O)c2ccccc21. The number of non-ortho nitro benzene ring substituents is 1. The molecule has 0 saturated carbocycles. The van der Waals surface area contributed by atoms with E-state index in [4.69, 9.17) is 0 Å². The van der Waals surface area contributed by atoms with Crippen molar-refractivity contribution < 1.29 is 27.5 Å². The molecule has 9 heteroatoms. The maximum absolute atomic E-state index is 12.7. The molecular formula is C16H9NO7S. The summed E-state index contributed by atoms with van der Waals surface area (Å²) in [7, 11) is -4.77. The molecule has 0 aliphatic heterocycles. The highest BCUT2D eigenvalue weighted by Crippen LogP contribution is 2.33. The molecule has 0 aromatic heterocycles. The molecule has 0 bridgehead atoms. The number of hydrogen-bond donors (Lipinski definition) is 1. The van der Waals surface area contributed by atoms with E-state index in [1.165, 1.54) is 18.2 Å². The van der Waals surface area contributed by atoms with Crippen molar-refractivity contribution in [3.8, 4) is 0 Å². The van der Waals surface area contributed by atoms with E-state index in [0.29, 0.717) is 0 Å². The van der Waals surface area contributed by atoms with E-state index in [0.717, 1.165) is 24.3 Å². The van der Waals surface area contributed by atoms with Crippen LogP contribution < -0.4 is 0 Å². The van der Waals surface area contributed by atoms with Gasteiger partial charge in [0.05, 0.1) is 4.92 Å². The average Bonchev–Trinajstić information content (AvgIpc) is 2.56. The van der Waals surface area contributed by atoms with E-state index >= 15 is 0 Å². The van der Waals surface area contributed by atoms with E-state index in [9.17, 15) is 32.7 Å². The average molecular weight is 359 g/mol. The van der Waals surface area contributed by atoms with Crippen molar-refractivity contribution in [2.75, 3.05) is 0 Å². The summed E-state index contributed by atoms with van der Waals surface area (Å²) in [5.74, 6) is -1.21. The molecule has 2 aromatic rings. The quantitative estimate of drug-likeness (QED) is 0.505. The Bertz CT molecular complexity index is 1080. The zero-order valence-electron chi connectivity index (χ0n) is 12.4. The van der Waals surface area contributed by atoms with Crippen LogP contribution in [0.15, 0.2) is 53.4 Å². The number of hydrogen-bond acceptors (Lipinski definition) is 6. The number of carbonyl (C=O) groups excluding carboxylic acids is 2. The smallest absolute Gasteiger partial charge is 0.289 e. The number of nitrogens with zero attached hydrogens (tertiary/aromatic N) is 1. The van der Waals surface area contributed by atoms with Crippen LogP contribution in [0.5, 0.6) is 0 Å². The van der Waals surface area contributed by atoms with Crippen molar-refractivity contribution >= 4 is 32.9 Å². The lowest BCUT2D eigenvalue weighted by Crippen LogP contribution is -2.17. The number of Topliss-reactive ketones (excluding diaryl/α,β-unsaturated/α-hetero) is 1. The van der Waals surface area contributed by atoms with Gasteiger partial charge in [0.2, 0.25) is 0 Å². The molecule has 3 rings (SSSR count). The Labute approximate surface area is 141 Å². The summed E-state index contributed by atoms with van der Waals surface area (Å²) in [6.07, 6.45) is 0.915. The number of nitro groups is 1. The number of allylic oxidation sites excluding steroid dienone is 2. The van der Waals surface area contributed by atoms with Gasteiger partial charge >= 0.3 is 0 Å². The lowest BCUT2D eigenvalue weighted by atomic mass is 9.86. The summed E-state index contributed by atoms with van der Waals surface area (Å²) < 4.78 is 32.5. The predicted octanol–water partition coefficient (Wildman–Crippen LogP) is 2.30. The highest BCUT2D eigenvalue weighted by Gasteiger charge is 2.30. The number of nitro benzene ring substituents is 1. The molecular weight excluding hydrogens is 350 g/mol. The topological polar surface area (TPSA) is 132 Å². The zero-order valence-corrected chi connectivity index (χ0v) is 13.2. The first-order chi connectivity index (χ1) is 11.7. The van der Waals surface area contributed by atoms with Gasteiger partial charge in [0.15, 0.2) is 11.6 Å². The Kier molecular flexibility index (Phi) is 3.82. The summed E-state index contributed by atoms with van der Waals surface area (Å²) in [4.78, 5) is 34.4. The van der Waals surface area contributed by atoms with Crippen molar-refractivity contribution in [3.63, 3.8) is 0 Å². The van der Waals surface area contributed by atoms with E-state index in [-0.39, 0.29) is 16.7 Å². The van der Waals surface area contributed by atoms with Crippen LogP contribution in [0.1, 0.15) is 26.3 Å². The molecule has 2 aromatic carbocycles. The monoisotopic (exact) mass is 359 g/mol. The third-order valence-corrected chi connectivity index (χ3v) is 4.61. The van der Waals surface area contributed by atoms with Crippen LogP contribution in [0, 0.1) is 10.1 Å². The van der Waals surface area contributed by atoms with E-state index in [1.807, 2.05) is 0 Å². The van der Waals surface area contributed by atoms with Crippen molar-refractivity contribution in [2.24, 2.45) is 0 Å². The van der Waals surface area contributed by atoms with Gasteiger partial charge in [0.25, 0.3) is 15.8 Å². The van der Waals surface area contributed by atoms with Gasteiger partial charge in [-0.25, -0.2) is 0 Å². The Balaban J connectivity index is 2.29. The first kappa shape index (κ1) is 16.7. The van der Waals surface area contributed by atoms with E-state index in [2.05, 4.69) is 0 Å². The minimum absolute atomic E-state index is 0.0535. The molecule has 1 N–H and O–H groups in total. The minimum atomic E-state index is -4.77. The Morgan fingerprint density at radius 1 is 0.960 bits per heavy atom. The lowest BCUT2D eigenvalue weighted by Gasteiger charge is -2.16. The number of fused-ring (bicyclic) bond motifs is 1. The van der Waals surface area contributed by atoms with Crippen LogP contribution in [0.3, 0.4) is 0 Å². The number of benzene rings is 2. The summed E-state index contributed by atoms with van der Waals surface area (Å²) in [6, 6.07) is 8.49. The molecule has 1 aliphatic carbocycles. The van der Waals surface area contributed by atoms with Crippen molar-refractivity contribution in [1.29, 1.82) is 0 Å². The highest BCUT2D eigenvalue weighted by molar-refractivity contribution is 7.86. The van der Waals surface area contributed by atoms with Gasteiger partial charge < -0.3 is 0 Å². The van der Waals surface area contributed by atoms with Crippen molar-refractivity contribution in [1.82, 2.24) is 0 Å². The number of ketones is 2. The minimum Gasteiger partial charge on any atom is -0.289 e.